The van der Waals surface area contributed by atoms with E-state index in [9.17, 15) is 5.26 Å². The number of nitrogen functional groups attached to an aromatic ring is 1. The van der Waals surface area contributed by atoms with Crippen molar-refractivity contribution in [3.8, 4) is 6.07 Å². The second kappa shape index (κ2) is 7.04. The third-order valence-corrected chi connectivity index (χ3v) is 5.09. The lowest BCUT2D eigenvalue weighted by atomic mass is 10.1. The molecule has 3 nitrogen and oxygen atoms in total. The molecule has 5 heteroatoms. The van der Waals surface area contributed by atoms with E-state index in [1.165, 1.54) is 17.3 Å². The number of aromatic nitrogens is 1. The Morgan fingerprint density at radius 1 is 1.12 bits per heavy atom. The summed E-state index contributed by atoms with van der Waals surface area (Å²) in [4.78, 5) is 1.03. The van der Waals surface area contributed by atoms with Crippen molar-refractivity contribution in [3.05, 3.63) is 76.4 Å². The molecular formula is C19H16ClN3S. The number of nitrogens with two attached hydrogens (primary N) is 1. The van der Waals surface area contributed by atoms with Crippen LogP contribution in [0.3, 0.4) is 0 Å². The fourth-order valence-electron chi connectivity index (χ4n) is 2.41. The van der Waals surface area contributed by atoms with Gasteiger partial charge in [-0.1, -0.05) is 53.2 Å². The number of nitrogens with zero attached hydrogens (tertiary/aromatic N) is 2. The van der Waals surface area contributed by atoms with Crippen molar-refractivity contribution in [1.82, 2.24) is 4.57 Å². The van der Waals surface area contributed by atoms with E-state index in [0.717, 1.165) is 15.5 Å². The minimum atomic E-state index is 0.560. The summed E-state index contributed by atoms with van der Waals surface area (Å²) in [5.74, 6) is 0. The normalized spacial score (nSPS) is 10.5. The van der Waals surface area contributed by atoms with Crippen LogP contribution in [0.15, 0.2) is 64.5 Å². The third kappa shape index (κ3) is 3.59. The molecule has 120 valence electrons. The Morgan fingerprint density at radius 3 is 2.42 bits per heavy atom. The highest BCUT2D eigenvalue weighted by molar-refractivity contribution is 7.99. The van der Waals surface area contributed by atoms with Gasteiger partial charge in [0.1, 0.15) is 16.8 Å². The van der Waals surface area contributed by atoms with Crippen LogP contribution in [-0.2, 0) is 6.54 Å². The average molecular weight is 354 g/mol. The van der Waals surface area contributed by atoms with Crippen LogP contribution in [0, 0.1) is 18.3 Å². The minimum Gasteiger partial charge on any atom is -0.397 e. The van der Waals surface area contributed by atoms with Gasteiger partial charge in [-0.15, -0.1) is 0 Å². The quantitative estimate of drug-likeness (QED) is 0.709. The molecule has 0 unspecified atom stereocenters. The Bertz CT molecular complexity index is 890. The summed E-state index contributed by atoms with van der Waals surface area (Å²) in [6.07, 6.45) is 0. The van der Waals surface area contributed by atoms with Gasteiger partial charge in [0.2, 0.25) is 0 Å². The fourth-order valence-corrected chi connectivity index (χ4v) is 3.48. The molecule has 1 heterocycles. The van der Waals surface area contributed by atoms with Crippen molar-refractivity contribution in [1.29, 1.82) is 5.26 Å². The summed E-state index contributed by atoms with van der Waals surface area (Å²) in [5.41, 5.74) is 9.66. The third-order valence-electron chi connectivity index (χ3n) is 3.68. The molecule has 0 atom stereocenters. The van der Waals surface area contributed by atoms with Gasteiger partial charge in [0.25, 0.3) is 0 Å². The summed E-state index contributed by atoms with van der Waals surface area (Å²) in [7, 11) is 0. The summed E-state index contributed by atoms with van der Waals surface area (Å²) in [5, 5.41) is 11.0. The van der Waals surface area contributed by atoms with Gasteiger partial charge in [0.15, 0.2) is 0 Å². The van der Waals surface area contributed by atoms with Gasteiger partial charge < -0.3 is 10.3 Å². The molecule has 0 fully saturated rings. The van der Waals surface area contributed by atoms with Crippen molar-refractivity contribution >= 4 is 29.1 Å². The molecule has 0 spiro atoms. The smallest absolute Gasteiger partial charge is 0.123 e. The van der Waals surface area contributed by atoms with Crippen molar-refractivity contribution in [2.45, 2.75) is 23.4 Å². The molecule has 3 aromatic rings. The van der Waals surface area contributed by atoms with E-state index < -0.39 is 0 Å². The van der Waals surface area contributed by atoms with Gasteiger partial charge in [-0.05, 0) is 42.8 Å². The Kier molecular flexibility index (Phi) is 4.84. The number of anilines is 1. The highest BCUT2D eigenvalue weighted by Crippen LogP contribution is 2.35. The first-order chi connectivity index (χ1) is 11.6. The van der Waals surface area contributed by atoms with Gasteiger partial charge in [-0.2, -0.15) is 5.26 Å². The van der Waals surface area contributed by atoms with E-state index in [1.54, 1.807) is 6.07 Å². The fraction of sp³-hybridized carbons (Fsp3) is 0.105. The maximum Gasteiger partial charge on any atom is 0.123 e. The first kappa shape index (κ1) is 16.5. The number of nitriles is 1. The molecule has 0 aliphatic rings. The Morgan fingerprint density at radius 2 is 1.79 bits per heavy atom. The average Bonchev–Trinajstić information content (AvgIpc) is 2.87. The Balaban J connectivity index is 1.96. The molecule has 0 saturated carbocycles. The summed E-state index contributed by atoms with van der Waals surface area (Å²) in [6.45, 7) is 2.66. The van der Waals surface area contributed by atoms with Gasteiger partial charge in [0, 0.05) is 16.5 Å². The van der Waals surface area contributed by atoms with E-state index in [4.69, 9.17) is 17.3 Å². The number of hydrogen-bond acceptors (Lipinski definition) is 3. The van der Waals surface area contributed by atoms with E-state index in [0.29, 0.717) is 22.9 Å². The lowest BCUT2D eigenvalue weighted by molar-refractivity contribution is 0.725. The molecule has 24 heavy (non-hydrogen) atoms. The summed E-state index contributed by atoms with van der Waals surface area (Å²) < 4.78 is 1.96. The highest BCUT2D eigenvalue weighted by Gasteiger charge is 2.15. The highest BCUT2D eigenvalue weighted by atomic mass is 35.5. The van der Waals surface area contributed by atoms with Crippen LogP contribution in [0.2, 0.25) is 5.02 Å². The number of benzene rings is 2. The molecule has 0 amide bonds. The molecule has 2 N–H and O–H groups in total. The molecule has 0 radical (unpaired) electrons. The van der Waals surface area contributed by atoms with Crippen molar-refractivity contribution in [2.24, 2.45) is 0 Å². The second-order valence-electron chi connectivity index (χ2n) is 5.53. The maximum atomic E-state index is 9.43. The first-order valence-electron chi connectivity index (χ1n) is 7.45. The van der Waals surface area contributed by atoms with Crippen molar-refractivity contribution < 1.29 is 0 Å². The number of hydrogen-bond donors (Lipinski definition) is 1. The van der Waals surface area contributed by atoms with Crippen LogP contribution in [0.25, 0.3) is 0 Å². The molecule has 0 saturated heterocycles. The van der Waals surface area contributed by atoms with Crippen LogP contribution < -0.4 is 5.73 Å². The topological polar surface area (TPSA) is 54.7 Å². The minimum absolute atomic E-state index is 0.560. The molecule has 0 aliphatic carbocycles. The number of halogens is 1. The predicted molar refractivity (Wildman–Crippen MR) is 99.4 cm³/mol. The van der Waals surface area contributed by atoms with E-state index in [-0.39, 0.29) is 0 Å². The molecular weight excluding hydrogens is 338 g/mol. The first-order valence-corrected chi connectivity index (χ1v) is 8.64. The van der Waals surface area contributed by atoms with Crippen molar-refractivity contribution in [3.63, 3.8) is 0 Å². The van der Waals surface area contributed by atoms with Crippen LogP contribution >= 0.6 is 23.4 Å². The van der Waals surface area contributed by atoms with E-state index in [2.05, 4.69) is 37.3 Å². The molecule has 1 aromatic heterocycles. The molecule has 0 aliphatic heterocycles. The van der Waals surface area contributed by atoms with Gasteiger partial charge in [0.05, 0.1) is 5.69 Å². The standard InChI is InChI=1S/C19H16ClN3S/c1-13-2-4-14(5-3-13)12-23-16(11-21)10-18(22)19(23)24-17-8-6-15(20)7-9-17/h2-10H,12,22H2,1H3. The monoisotopic (exact) mass is 353 g/mol. The maximum absolute atomic E-state index is 9.43. The zero-order chi connectivity index (χ0) is 17.1. The SMILES string of the molecule is Cc1ccc(Cn2c(C#N)cc(N)c2Sc2ccc(Cl)cc2)cc1. The zero-order valence-electron chi connectivity index (χ0n) is 13.2. The van der Waals surface area contributed by atoms with E-state index >= 15 is 0 Å². The Labute approximate surface area is 150 Å². The van der Waals surface area contributed by atoms with Crippen molar-refractivity contribution in [2.75, 3.05) is 5.73 Å². The second-order valence-corrected chi connectivity index (χ2v) is 7.03. The molecule has 3 rings (SSSR count). The number of aryl methyl sites for hydroxylation is 1. The Hall–Kier alpha value is -2.35. The van der Waals surface area contributed by atoms with Crippen LogP contribution in [-0.4, -0.2) is 4.57 Å². The summed E-state index contributed by atoms with van der Waals surface area (Å²) >= 11 is 7.48. The van der Waals surface area contributed by atoms with Crippen LogP contribution in [0.5, 0.6) is 0 Å². The predicted octanol–water partition coefficient (Wildman–Crippen LogP) is 5.10. The zero-order valence-corrected chi connectivity index (χ0v) is 14.7. The van der Waals surface area contributed by atoms with Crippen LogP contribution in [0.1, 0.15) is 16.8 Å². The lowest BCUT2D eigenvalue weighted by Crippen LogP contribution is -2.04. The van der Waals surface area contributed by atoms with E-state index in [1.807, 2.05) is 28.8 Å². The van der Waals surface area contributed by atoms with Gasteiger partial charge in [-0.25, -0.2) is 0 Å². The molecule has 0 bridgehead atoms. The molecule has 2 aromatic carbocycles. The lowest BCUT2D eigenvalue weighted by Gasteiger charge is -2.11. The summed E-state index contributed by atoms with van der Waals surface area (Å²) in [6, 6.07) is 19.8. The van der Waals surface area contributed by atoms with Gasteiger partial charge in [-0.3, -0.25) is 0 Å². The van der Waals surface area contributed by atoms with Gasteiger partial charge >= 0.3 is 0 Å². The number of rotatable bonds is 4. The van der Waals surface area contributed by atoms with Crippen LogP contribution in [0.4, 0.5) is 5.69 Å². The largest absolute Gasteiger partial charge is 0.397 e.